The van der Waals surface area contributed by atoms with Crippen LogP contribution in [0.1, 0.15) is 32.1 Å². The minimum atomic E-state index is -0.805. The van der Waals surface area contributed by atoms with Crippen LogP contribution in [0.4, 0.5) is 0 Å². The van der Waals surface area contributed by atoms with Gasteiger partial charge in [0.05, 0.1) is 18.8 Å². The summed E-state index contributed by atoms with van der Waals surface area (Å²) in [5.74, 6) is -0.134. The van der Waals surface area contributed by atoms with Crippen LogP contribution in [0.3, 0.4) is 0 Å². The van der Waals surface area contributed by atoms with Crippen molar-refractivity contribution in [2.24, 2.45) is 5.41 Å². The Morgan fingerprint density at radius 2 is 2.22 bits per heavy atom. The molecular formula is C12H17N5O. The van der Waals surface area contributed by atoms with Crippen LogP contribution in [-0.4, -0.2) is 27.4 Å². The van der Waals surface area contributed by atoms with Crippen LogP contribution in [-0.2, 0) is 11.3 Å². The summed E-state index contributed by atoms with van der Waals surface area (Å²) in [7, 11) is 0. The quantitative estimate of drug-likeness (QED) is 0.855. The van der Waals surface area contributed by atoms with E-state index in [1.807, 2.05) is 0 Å². The molecule has 2 rings (SSSR count). The Bertz CT molecular complexity index is 428. The Morgan fingerprint density at radius 1 is 1.44 bits per heavy atom. The molecule has 1 fully saturated rings. The summed E-state index contributed by atoms with van der Waals surface area (Å²) in [6.07, 6.45) is 7.74. The molecule has 6 heteroatoms. The predicted octanol–water partition coefficient (Wildman–Crippen LogP) is 0.868. The summed E-state index contributed by atoms with van der Waals surface area (Å²) < 4.78 is 1.65. The van der Waals surface area contributed by atoms with Crippen molar-refractivity contribution in [2.75, 3.05) is 6.54 Å². The summed E-state index contributed by atoms with van der Waals surface area (Å²) in [4.78, 5) is 12.1. The molecule has 1 N–H and O–H groups in total. The first-order valence-corrected chi connectivity index (χ1v) is 6.30. The standard InChI is InChI=1S/C12H17N5O/c13-10-12(4-2-1-3-5-12)11(18)14-6-8-17-9-7-15-16-17/h7,9H,1-6,8H2,(H,14,18). The summed E-state index contributed by atoms with van der Waals surface area (Å²) in [6, 6.07) is 2.21. The third kappa shape index (κ3) is 2.67. The van der Waals surface area contributed by atoms with Gasteiger partial charge < -0.3 is 5.32 Å². The molecule has 0 aromatic carbocycles. The molecule has 96 valence electrons. The maximum atomic E-state index is 12.1. The molecule has 0 atom stereocenters. The summed E-state index contributed by atoms with van der Waals surface area (Å²) in [6.45, 7) is 1.05. The molecule has 0 saturated heterocycles. The molecule has 18 heavy (non-hydrogen) atoms. The second kappa shape index (κ2) is 5.63. The zero-order valence-corrected chi connectivity index (χ0v) is 10.3. The molecule has 1 aromatic heterocycles. The van der Waals surface area contributed by atoms with Gasteiger partial charge in [0.1, 0.15) is 5.41 Å². The van der Waals surface area contributed by atoms with Gasteiger partial charge in [-0.1, -0.05) is 24.5 Å². The van der Waals surface area contributed by atoms with Crippen LogP contribution in [0.15, 0.2) is 12.4 Å². The molecule has 1 amide bonds. The highest BCUT2D eigenvalue weighted by molar-refractivity contribution is 5.85. The molecule has 0 unspecified atom stereocenters. The number of carbonyl (C=O) groups excluding carboxylic acids is 1. The minimum absolute atomic E-state index is 0.134. The first kappa shape index (κ1) is 12.6. The van der Waals surface area contributed by atoms with E-state index in [0.29, 0.717) is 25.9 Å². The normalized spacial score (nSPS) is 17.9. The first-order chi connectivity index (χ1) is 8.77. The lowest BCUT2D eigenvalue weighted by molar-refractivity contribution is -0.129. The summed E-state index contributed by atoms with van der Waals surface area (Å²) in [5, 5.41) is 19.6. The Hall–Kier alpha value is -1.90. The van der Waals surface area contributed by atoms with Crippen LogP contribution < -0.4 is 5.32 Å². The monoisotopic (exact) mass is 247 g/mol. The van der Waals surface area contributed by atoms with Crippen LogP contribution >= 0.6 is 0 Å². The van der Waals surface area contributed by atoms with E-state index in [-0.39, 0.29) is 5.91 Å². The van der Waals surface area contributed by atoms with E-state index >= 15 is 0 Å². The fourth-order valence-electron chi connectivity index (χ4n) is 2.35. The van der Waals surface area contributed by atoms with Gasteiger partial charge in [0.25, 0.3) is 0 Å². The van der Waals surface area contributed by atoms with E-state index < -0.39 is 5.41 Å². The van der Waals surface area contributed by atoms with Gasteiger partial charge in [-0.05, 0) is 12.8 Å². The largest absolute Gasteiger partial charge is 0.353 e. The number of hydrogen-bond donors (Lipinski definition) is 1. The fraction of sp³-hybridized carbons (Fsp3) is 0.667. The molecule has 1 aliphatic rings. The van der Waals surface area contributed by atoms with Crippen molar-refractivity contribution in [3.8, 4) is 6.07 Å². The van der Waals surface area contributed by atoms with Crippen LogP contribution in [0.5, 0.6) is 0 Å². The maximum absolute atomic E-state index is 12.1. The van der Waals surface area contributed by atoms with Crippen molar-refractivity contribution in [3.05, 3.63) is 12.4 Å². The number of nitrogens with zero attached hydrogens (tertiary/aromatic N) is 4. The molecule has 1 aliphatic carbocycles. The highest BCUT2D eigenvalue weighted by Gasteiger charge is 2.39. The Balaban J connectivity index is 1.84. The average Bonchev–Trinajstić information content (AvgIpc) is 2.92. The van der Waals surface area contributed by atoms with Crippen molar-refractivity contribution in [2.45, 2.75) is 38.6 Å². The van der Waals surface area contributed by atoms with Gasteiger partial charge in [0.15, 0.2) is 0 Å². The molecule has 1 aromatic rings. The van der Waals surface area contributed by atoms with Gasteiger partial charge in [-0.3, -0.25) is 9.48 Å². The zero-order chi connectivity index (χ0) is 12.8. The van der Waals surface area contributed by atoms with Crippen LogP contribution in [0.25, 0.3) is 0 Å². The molecule has 6 nitrogen and oxygen atoms in total. The number of carbonyl (C=O) groups is 1. The summed E-state index contributed by atoms with van der Waals surface area (Å²) in [5.41, 5.74) is -0.805. The third-order valence-electron chi connectivity index (χ3n) is 3.45. The Labute approximate surface area is 106 Å². The SMILES string of the molecule is N#CC1(C(=O)NCCn2ccnn2)CCCCC1. The highest BCUT2D eigenvalue weighted by atomic mass is 16.2. The number of nitrogens with one attached hydrogen (secondary N) is 1. The van der Waals surface area contributed by atoms with E-state index in [1.54, 1.807) is 17.1 Å². The number of aromatic nitrogens is 3. The van der Waals surface area contributed by atoms with Gasteiger partial charge in [-0.15, -0.1) is 5.10 Å². The van der Waals surface area contributed by atoms with Gasteiger partial charge >= 0.3 is 0 Å². The van der Waals surface area contributed by atoms with Gasteiger partial charge in [-0.25, -0.2) is 0 Å². The van der Waals surface area contributed by atoms with E-state index in [1.165, 1.54) is 0 Å². The molecule has 0 spiro atoms. The topological polar surface area (TPSA) is 83.6 Å². The Morgan fingerprint density at radius 3 is 2.83 bits per heavy atom. The minimum Gasteiger partial charge on any atom is -0.353 e. The molecular weight excluding hydrogens is 230 g/mol. The molecule has 0 bridgehead atoms. The van der Waals surface area contributed by atoms with Gasteiger partial charge in [0, 0.05) is 12.7 Å². The van der Waals surface area contributed by atoms with Crippen LogP contribution in [0, 0.1) is 16.7 Å². The van der Waals surface area contributed by atoms with Gasteiger partial charge in [0.2, 0.25) is 5.91 Å². The predicted molar refractivity (Wildman–Crippen MR) is 64.2 cm³/mol. The Kier molecular flexibility index (Phi) is 3.92. The van der Waals surface area contributed by atoms with Crippen molar-refractivity contribution < 1.29 is 4.79 Å². The number of amides is 1. The average molecular weight is 247 g/mol. The second-order valence-corrected chi connectivity index (χ2v) is 4.68. The number of rotatable bonds is 4. The van der Waals surface area contributed by atoms with Crippen molar-refractivity contribution in [1.82, 2.24) is 20.3 Å². The highest BCUT2D eigenvalue weighted by Crippen LogP contribution is 2.35. The van der Waals surface area contributed by atoms with E-state index in [2.05, 4.69) is 21.7 Å². The van der Waals surface area contributed by atoms with Crippen molar-refractivity contribution >= 4 is 5.91 Å². The number of nitriles is 1. The number of hydrogen-bond acceptors (Lipinski definition) is 4. The van der Waals surface area contributed by atoms with E-state index in [9.17, 15) is 10.1 Å². The first-order valence-electron chi connectivity index (χ1n) is 6.30. The van der Waals surface area contributed by atoms with Gasteiger partial charge in [-0.2, -0.15) is 5.26 Å². The second-order valence-electron chi connectivity index (χ2n) is 4.68. The van der Waals surface area contributed by atoms with Crippen LogP contribution in [0.2, 0.25) is 0 Å². The summed E-state index contributed by atoms with van der Waals surface area (Å²) >= 11 is 0. The molecule has 1 heterocycles. The lowest BCUT2D eigenvalue weighted by Crippen LogP contribution is -2.42. The molecule has 1 saturated carbocycles. The maximum Gasteiger partial charge on any atom is 0.240 e. The fourth-order valence-corrected chi connectivity index (χ4v) is 2.35. The zero-order valence-electron chi connectivity index (χ0n) is 10.3. The lowest BCUT2D eigenvalue weighted by Gasteiger charge is -2.29. The smallest absolute Gasteiger partial charge is 0.240 e. The molecule has 0 aliphatic heterocycles. The van der Waals surface area contributed by atoms with Crippen molar-refractivity contribution in [3.63, 3.8) is 0 Å². The van der Waals surface area contributed by atoms with E-state index in [0.717, 1.165) is 19.3 Å². The van der Waals surface area contributed by atoms with E-state index in [4.69, 9.17) is 0 Å². The molecule has 0 radical (unpaired) electrons. The van der Waals surface area contributed by atoms with Crippen molar-refractivity contribution in [1.29, 1.82) is 5.26 Å². The third-order valence-corrected chi connectivity index (χ3v) is 3.45. The lowest BCUT2D eigenvalue weighted by atomic mass is 9.74.